The van der Waals surface area contributed by atoms with E-state index in [4.69, 9.17) is 0 Å². The van der Waals surface area contributed by atoms with Gasteiger partial charge in [0, 0.05) is 18.0 Å². The largest absolute Gasteiger partial charge is 0.481 e. The third-order valence-corrected chi connectivity index (χ3v) is 4.87. The van der Waals surface area contributed by atoms with Crippen LogP contribution >= 0.6 is 11.3 Å². The van der Waals surface area contributed by atoms with Crippen molar-refractivity contribution < 1.29 is 9.90 Å². The summed E-state index contributed by atoms with van der Waals surface area (Å²) in [5, 5.41) is 9.18. The van der Waals surface area contributed by atoms with Gasteiger partial charge in [-0.2, -0.15) is 0 Å². The van der Waals surface area contributed by atoms with Gasteiger partial charge in [0.15, 0.2) is 0 Å². The molecule has 22 heavy (non-hydrogen) atoms. The van der Waals surface area contributed by atoms with Crippen molar-refractivity contribution in [3.05, 3.63) is 44.9 Å². The summed E-state index contributed by atoms with van der Waals surface area (Å²) < 4.78 is 0. The Bertz CT molecular complexity index is 708. The number of aliphatic carboxylic acids is 1. The van der Waals surface area contributed by atoms with Gasteiger partial charge in [-0.15, -0.1) is 0 Å². The number of carbonyl (C=O) groups is 1. The van der Waals surface area contributed by atoms with Gasteiger partial charge in [0.05, 0.1) is 11.6 Å². The molecule has 3 rings (SSSR count). The number of aromatic nitrogens is 1. The number of nitrogens with one attached hydrogen (secondary N) is 1. The lowest BCUT2D eigenvalue weighted by Gasteiger charge is -2.30. The highest BCUT2D eigenvalue weighted by Gasteiger charge is 2.26. The molecule has 1 aliphatic heterocycles. The van der Waals surface area contributed by atoms with Gasteiger partial charge in [0.2, 0.25) is 0 Å². The summed E-state index contributed by atoms with van der Waals surface area (Å²) in [6.45, 7) is 2.05. The number of H-pyrrole nitrogens is 1. The normalized spacial score (nSPS) is 19.2. The maximum absolute atomic E-state index is 11.7. The highest BCUT2D eigenvalue weighted by Crippen LogP contribution is 2.26. The molecule has 6 heteroatoms. The number of carboxylic acids is 1. The number of hydrogen-bond acceptors (Lipinski definition) is 4. The van der Waals surface area contributed by atoms with Gasteiger partial charge in [-0.3, -0.25) is 14.5 Å². The first kappa shape index (κ1) is 15.0. The molecule has 1 atom stereocenters. The summed E-state index contributed by atoms with van der Waals surface area (Å²) in [4.78, 5) is 28.9. The molecule has 1 unspecified atom stereocenters. The third kappa shape index (κ3) is 3.28. The molecule has 1 aliphatic rings. The number of likely N-dealkylation sites (tertiary alicyclic amines) is 1. The molecule has 0 saturated carbocycles. The van der Waals surface area contributed by atoms with Crippen molar-refractivity contribution >= 4 is 17.3 Å². The van der Waals surface area contributed by atoms with Gasteiger partial charge in [0.1, 0.15) is 0 Å². The minimum absolute atomic E-state index is 0.0688. The van der Waals surface area contributed by atoms with E-state index in [2.05, 4.69) is 9.88 Å². The minimum Gasteiger partial charge on any atom is -0.481 e. The predicted molar refractivity (Wildman–Crippen MR) is 86.0 cm³/mol. The molecule has 1 saturated heterocycles. The predicted octanol–water partition coefficient (Wildman–Crippen LogP) is 2.40. The molecule has 0 bridgehead atoms. The molecule has 0 spiro atoms. The quantitative estimate of drug-likeness (QED) is 0.908. The monoisotopic (exact) mass is 318 g/mol. The van der Waals surface area contributed by atoms with Crippen LogP contribution < -0.4 is 4.87 Å². The van der Waals surface area contributed by atoms with Crippen molar-refractivity contribution in [3.8, 4) is 11.3 Å². The van der Waals surface area contributed by atoms with Crippen LogP contribution in [0.25, 0.3) is 11.3 Å². The molecule has 1 aromatic carbocycles. The van der Waals surface area contributed by atoms with Gasteiger partial charge >= 0.3 is 10.8 Å². The number of nitrogens with zero attached hydrogens (tertiary/aromatic N) is 1. The molecule has 1 aromatic heterocycles. The van der Waals surface area contributed by atoms with Gasteiger partial charge in [-0.1, -0.05) is 41.7 Å². The van der Waals surface area contributed by atoms with Crippen molar-refractivity contribution in [2.24, 2.45) is 5.92 Å². The smallest absolute Gasteiger partial charge is 0.307 e. The summed E-state index contributed by atoms with van der Waals surface area (Å²) in [5.74, 6) is -1.03. The van der Waals surface area contributed by atoms with E-state index in [-0.39, 0.29) is 10.8 Å². The summed E-state index contributed by atoms with van der Waals surface area (Å²) in [7, 11) is 0. The lowest BCUT2D eigenvalue weighted by Crippen LogP contribution is -2.38. The zero-order valence-electron chi connectivity index (χ0n) is 12.1. The first-order valence-corrected chi connectivity index (χ1v) is 8.17. The van der Waals surface area contributed by atoms with Crippen molar-refractivity contribution in [3.63, 3.8) is 0 Å². The standard InChI is InChI=1S/C16H18N2O3S/c19-15(20)12-7-4-8-18(9-12)10-13-14(17-16(21)22-13)11-5-2-1-3-6-11/h1-3,5-6,12H,4,7-10H2,(H,17,21)(H,19,20). The van der Waals surface area contributed by atoms with E-state index < -0.39 is 5.97 Å². The molecular formula is C16H18N2O3S. The third-order valence-electron chi connectivity index (χ3n) is 4.01. The number of benzene rings is 1. The van der Waals surface area contributed by atoms with E-state index in [1.165, 1.54) is 11.3 Å². The number of piperidine rings is 1. The fourth-order valence-corrected chi connectivity index (χ4v) is 3.81. The first-order valence-electron chi connectivity index (χ1n) is 7.36. The van der Waals surface area contributed by atoms with Crippen LogP contribution in [0.2, 0.25) is 0 Å². The summed E-state index contributed by atoms with van der Waals surface area (Å²) >= 11 is 1.21. The SMILES string of the molecule is O=C(O)C1CCCN(Cc2sc(=O)[nH]c2-c2ccccc2)C1. The van der Waals surface area contributed by atoms with E-state index in [0.717, 1.165) is 35.5 Å². The number of aromatic amines is 1. The van der Waals surface area contributed by atoms with Crippen molar-refractivity contribution in [2.75, 3.05) is 13.1 Å². The number of rotatable bonds is 4. The minimum atomic E-state index is -0.727. The maximum Gasteiger partial charge on any atom is 0.307 e. The molecule has 2 heterocycles. The molecular weight excluding hydrogens is 300 g/mol. The van der Waals surface area contributed by atoms with Gasteiger partial charge in [-0.25, -0.2) is 0 Å². The van der Waals surface area contributed by atoms with E-state index >= 15 is 0 Å². The van der Waals surface area contributed by atoms with Crippen LogP contribution in [-0.4, -0.2) is 34.0 Å². The van der Waals surface area contributed by atoms with Gasteiger partial charge in [-0.05, 0) is 24.9 Å². The Morgan fingerprint density at radius 2 is 2.14 bits per heavy atom. The van der Waals surface area contributed by atoms with E-state index in [9.17, 15) is 14.7 Å². The molecule has 2 N–H and O–H groups in total. The van der Waals surface area contributed by atoms with Crippen molar-refractivity contribution in [2.45, 2.75) is 19.4 Å². The Hall–Kier alpha value is -1.92. The maximum atomic E-state index is 11.7. The number of hydrogen-bond donors (Lipinski definition) is 2. The Balaban J connectivity index is 1.81. The average molecular weight is 318 g/mol. The Kier molecular flexibility index (Phi) is 4.40. The lowest BCUT2D eigenvalue weighted by molar-refractivity contribution is -0.143. The van der Waals surface area contributed by atoms with Crippen LogP contribution in [-0.2, 0) is 11.3 Å². The fourth-order valence-electron chi connectivity index (χ4n) is 2.91. The van der Waals surface area contributed by atoms with Crippen LogP contribution in [0.4, 0.5) is 0 Å². The van der Waals surface area contributed by atoms with E-state index in [0.29, 0.717) is 13.1 Å². The zero-order chi connectivity index (χ0) is 15.5. The van der Waals surface area contributed by atoms with Gasteiger partial charge < -0.3 is 10.1 Å². The number of thiazole rings is 1. The Labute approximate surface area is 132 Å². The van der Waals surface area contributed by atoms with Crippen molar-refractivity contribution in [1.29, 1.82) is 0 Å². The van der Waals surface area contributed by atoms with Crippen LogP contribution in [0.3, 0.4) is 0 Å². The summed E-state index contributed by atoms with van der Waals surface area (Å²) in [6.07, 6.45) is 1.62. The second-order valence-corrected chi connectivity index (χ2v) is 6.66. The second kappa shape index (κ2) is 6.46. The molecule has 2 aromatic rings. The van der Waals surface area contributed by atoms with E-state index in [1.54, 1.807) is 0 Å². The highest BCUT2D eigenvalue weighted by molar-refractivity contribution is 7.09. The fraction of sp³-hybridized carbons (Fsp3) is 0.375. The van der Waals surface area contributed by atoms with Crippen LogP contribution in [0.5, 0.6) is 0 Å². The zero-order valence-corrected chi connectivity index (χ0v) is 12.9. The van der Waals surface area contributed by atoms with Crippen LogP contribution in [0.1, 0.15) is 17.7 Å². The molecule has 1 fully saturated rings. The Morgan fingerprint density at radius 1 is 1.36 bits per heavy atom. The molecule has 0 radical (unpaired) electrons. The summed E-state index contributed by atoms with van der Waals surface area (Å²) in [5.41, 5.74) is 1.84. The average Bonchev–Trinajstić information content (AvgIpc) is 2.89. The molecule has 116 valence electrons. The molecule has 0 aliphatic carbocycles. The topological polar surface area (TPSA) is 73.4 Å². The lowest BCUT2D eigenvalue weighted by atomic mass is 9.98. The van der Waals surface area contributed by atoms with E-state index in [1.807, 2.05) is 30.3 Å². The first-order chi connectivity index (χ1) is 10.6. The second-order valence-electron chi connectivity index (χ2n) is 5.59. The van der Waals surface area contributed by atoms with Crippen LogP contribution in [0.15, 0.2) is 35.1 Å². The van der Waals surface area contributed by atoms with Crippen LogP contribution in [0, 0.1) is 5.92 Å². The number of carboxylic acid groups (broad SMARTS) is 1. The Morgan fingerprint density at radius 3 is 2.86 bits per heavy atom. The molecule has 0 amide bonds. The summed E-state index contributed by atoms with van der Waals surface area (Å²) in [6, 6.07) is 9.76. The van der Waals surface area contributed by atoms with Crippen molar-refractivity contribution in [1.82, 2.24) is 9.88 Å². The highest BCUT2D eigenvalue weighted by atomic mass is 32.1. The molecule has 5 nitrogen and oxygen atoms in total. The van der Waals surface area contributed by atoms with Gasteiger partial charge in [0.25, 0.3) is 0 Å².